The van der Waals surface area contributed by atoms with Crippen LogP contribution in [0.15, 0.2) is 73.1 Å². The van der Waals surface area contributed by atoms with Crippen molar-refractivity contribution in [3.05, 3.63) is 118 Å². The van der Waals surface area contributed by atoms with Gasteiger partial charge < -0.3 is 32.5 Å². The molecule has 0 radical (unpaired) electrons. The number of alkyl halides is 3. The molecule has 0 spiro atoms. The van der Waals surface area contributed by atoms with Gasteiger partial charge in [-0.2, -0.15) is 23.4 Å². The molecule has 286 valence electrons. The van der Waals surface area contributed by atoms with Crippen molar-refractivity contribution in [2.24, 2.45) is 0 Å². The van der Waals surface area contributed by atoms with Crippen LogP contribution in [-0.2, 0) is 12.7 Å². The van der Waals surface area contributed by atoms with E-state index in [1.807, 2.05) is 13.8 Å². The number of amides is 3. The maximum Gasteiger partial charge on any atom is 0.416 e. The lowest BCUT2D eigenvalue weighted by atomic mass is 10.1. The number of nitrogen functional groups attached to an aromatic ring is 2. The molecular formula is C38H38F3N9O5. The number of anilines is 2. The molecule has 8 N–H and O–H groups in total. The number of carbonyl (C=O) groups excluding carboxylic acids is 3. The number of aromatic nitrogens is 4. The Hall–Kier alpha value is -6.65. The van der Waals surface area contributed by atoms with Crippen molar-refractivity contribution < 1.29 is 37.5 Å². The maximum absolute atomic E-state index is 12.9. The maximum atomic E-state index is 12.9. The summed E-state index contributed by atoms with van der Waals surface area (Å²) in [7, 11) is 0. The Bertz CT molecular complexity index is 2290. The van der Waals surface area contributed by atoms with Crippen LogP contribution in [-0.4, -0.2) is 60.4 Å². The molecule has 3 aromatic carbocycles. The van der Waals surface area contributed by atoms with Gasteiger partial charge in [-0.25, -0.2) is 14.2 Å². The predicted molar refractivity (Wildman–Crippen MR) is 196 cm³/mol. The number of hydrogen-bond donors (Lipinski definition) is 6. The van der Waals surface area contributed by atoms with Gasteiger partial charge >= 0.3 is 12.1 Å². The summed E-state index contributed by atoms with van der Waals surface area (Å²) in [5, 5.41) is 25.7. The fourth-order valence-electron chi connectivity index (χ4n) is 5.53. The van der Waals surface area contributed by atoms with E-state index < -0.39 is 23.6 Å². The molecule has 2 heterocycles. The normalized spacial score (nSPS) is 13.7. The van der Waals surface area contributed by atoms with Crippen LogP contribution in [0.1, 0.15) is 89.4 Å². The number of aryl methyl sites for hydroxylation is 2. The molecule has 0 bridgehead atoms. The van der Waals surface area contributed by atoms with Crippen molar-refractivity contribution >= 4 is 35.3 Å². The van der Waals surface area contributed by atoms with Crippen LogP contribution in [0, 0.1) is 13.8 Å². The summed E-state index contributed by atoms with van der Waals surface area (Å²) < 4.78 is 41.4. The first-order valence-electron chi connectivity index (χ1n) is 17.3. The third-order valence-corrected chi connectivity index (χ3v) is 9.02. The summed E-state index contributed by atoms with van der Waals surface area (Å²) in [5.41, 5.74) is 15.3. The highest BCUT2D eigenvalue weighted by molar-refractivity contribution is 5.99. The van der Waals surface area contributed by atoms with Crippen LogP contribution >= 0.6 is 0 Å². The van der Waals surface area contributed by atoms with Crippen LogP contribution in [0.2, 0.25) is 0 Å². The van der Waals surface area contributed by atoms with Gasteiger partial charge in [0.2, 0.25) is 0 Å². The first-order valence-corrected chi connectivity index (χ1v) is 17.3. The lowest BCUT2D eigenvalue weighted by Crippen LogP contribution is -2.25. The largest absolute Gasteiger partial charge is 0.477 e. The monoisotopic (exact) mass is 757 g/mol. The first kappa shape index (κ1) is 38.1. The third-order valence-electron chi connectivity index (χ3n) is 9.02. The van der Waals surface area contributed by atoms with E-state index >= 15 is 0 Å². The molecule has 14 nitrogen and oxygen atoms in total. The van der Waals surface area contributed by atoms with Crippen molar-refractivity contribution in [2.45, 2.75) is 64.3 Å². The molecule has 55 heavy (non-hydrogen) atoms. The van der Waals surface area contributed by atoms with Crippen molar-refractivity contribution in [3.63, 3.8) is 0 Å². The van der Waals surface area contributed by atoms with Gasteiger partial charge in [-0.3, -0.25) is 14.4 Å². The van der Waals surface area contributed by atoms with Crippen molar-refractivity contribution in [1.29, 1.82) is 0 Å². The standard InChI is InChI=1S/C23H22F3N5O2.C15H16N4O3/c1-13-5-6-15(21(32)30-17-7-8-17)10-19(13)31-20(27)18(12-29-31)22(33)28-11-14-3-2-4-16(9-14)23(24,25)26;1-8-2-3-9(14(20)18-10-4-5-10)6-12(8)19-13(16)11(7-17-19)15(21)22/h2-6,9-10,12,17H,7-8,11,27H2,1H3,(H,28,33)(H,30,32);2-3,6-7,10H,4-5,16H2,1H3,(H,18,20)(H,21,22). The zero-order valence-corrected chi connectivity index (χ0v) is 29.8. The van der Waals surface area contributed by atoms with Gasteiger partial charge in [0.15, 0.2) is 0 Å². The Labute approximate surface area is 312 Å². The summed E-state index contributed by atoms with van der Waals surface area (Å²) in [6.07, 6.45) is 1.98. The minimum Gasteiger partial charge on any atom is -0.477 e. The van der Waals surface area contributed by atoms with Gasteiger partial charge in [0.1, 0.15) is 22.8 Å². The number of nitrogens with one attached hydrogen (secondary N) is 3. The third kappa shape index (κ3) is 8.94. The average molecular weight is 758 g/mol. The van der Waals surface area contributed by atoms with Crippen LogP contribution in [0.3, 0.4) is 0 Å². The fourth-order valence-corrected chi connectivity index (χ4v) is 5.53. The number of nitrogens with zero attached hydrogens (tertiary/aromatic N) is 4. The smallest absolute Gasteiger partial charge is 0.416 e. The van der Waals surface area contributed by atoms with E-state index in [-0.39, 0.29) is 53.2 Å². The molecule has 0 saturated heterocycles. The molecule has 0 aliphatic heterocycles. The summed E-state index contributed by atoms with van der Waals surface area (Å²) >= 11 is 0. The number of halogens is 3. The molecule has 7 rings (SSSR count). The number of carbonyl (C=O) groups is 4. The van der Waals surface area contributed by atoms with Gasteiger partial charge in [0.05, 0.1) is 29.3 Å². The molecule has 3 amide bonds. The molecule has 5 aromatic rings. The second-order valence-corrected chi connectivity index (χ2v) is 13.4. The molecule has 2 fully saturated rings. The second-order valence-electron chi connectivity index (χ2n) is 13.4. The quantitative estimate of drug-likeness (QED) is 0.114. The summed E-state index contributed by atoms with van der Waals surface area (Å²) in [5.74, 6) is -1.95. The highest BCUT2D eigenvalue weighted by Gasteiger charge is 2.30. The zero-order chi connectivity index (χ0) is 39.6. The summed E-state index contributed by atoms with van der Waals surface area (Å²) in [4.78, 5) is 48.2. The van der Waals surface area contributed by atoms with E-state index in [1.165, 1.54) is 33.9 Å². The molecule has 2 aromatic heterocycles. The number of carboxylic acids is 1. The highest BCUT2D eigenvalue weighted by atomic mass is 19.4. The summed E-state index contributed by atoms with van der Waals surface area (Å²) in [6, 6.07) is 15.5. The number of hydrogen-bond acceptors (Lipinski definition) is 8. The van der Waals surface area contributed by atoms with Gasteiger partial charge in [-0.1, -0.05) is 24.3 Å². The lowest BCUT2D eigenvalue weighted by molar-refractivity contribution is -0.137. The number of aromatic carboxylic acids is 1. The van der Waals surface area contributed by atoms with Crippen LogP contribution in [0.4, 0.5) is 24.8 Å². The first-order chi connectivity index (χ1) is 26.1. The molecule has 2 aliphatic carbocycles. The molecule has 2 saturated carbocycles. The fraction of sp³-hybridized carbons (Fsp3) is 0.263. The van der Waals surface area contributed by atoms with E-state index in [9.17, 15) is 32.3 Å². The number of rotatable bonds is 10. The Morgan fingerprint density at radius 2 is 1.24 bits per heavy atom. The second kappa shape index (κ2) is 15.4. The van der Waals surface area contributed by atoms with Gasteiger partial charge in [0, 0.05) is 29.8 Å². The molecular weight excluding hydrogens is 719 g/mol. The van der Waals surface area contributed by atoms with E-state index in [2.05, 4.69) is 26.1 Å². The number of carboxylic acid groups (broad SMARTS) is 1. The Kier molecular flexibility index (Phi) is 10.6. The molecule has 17 heteroatoms. The van der Waals surface area contributed by atoms with Gasteiger partial charge in [-0.15, -0.1) is 0 Å². The Morgan fingerprint density at radius 3 is 1.69 bits per heavy atom. The van der Waals surface area contributed by atoms with Crippen molar-refractivity contribution in [3.8, 4) is 11.4 Å². The van der Waals surface area contributed by atoms with E-state index in [0.717, 1.165) is 48.9 Å². The molecule has 0 atom stereocenters. The Morgan fingerprint density at radius 1 is 0.745 bits per heavy atom. The van der Waals surface area contributed by atoms with Crippen LogP contribution in [0.25, 0.3) is 11.4 Å². The van der Waals surface area contributed by atoms with Crippen molar-refractivity contribution in [1.82, 2.24) is 35.5 Å². The van der Waals surface area contributed by atoms with Gasteiger partial charge in [0.25, 0.3) is 17.7 Å². The van der Waals surface area contributed by atoms with Crippen LogP contribution in [0.5, 0.6) is 0 Å². The Balaban J connectivity index is 0.000000203. The SMILES string of the molecule is Cc1ccc(C(=O)NC2CC2)cc1-n1ncc(C(=O)NCc2cccc(C(F)(F)F)c2)c1N.Cc1ccc(C(=O)NC2CC2)cc1-n1ncc(C(=O)O)c1N. The number of nitrogens with two attached hydrogens (primary N) is 2. The summed E-state index contributed by atoms with van der Waals surface area (Å²) in [6.45, 7) is 3.56. The van der Waals surface area contributed by atoms with Gasteiger partial charge in [-0.05, 0) is 92.6 Å². The molecule has 2 aliphatic rings. The lowest BCUT2D eigenvalue weighted by Gasteiger charge is -2.12. The van der Waals surface area contributed by atoms with E-state index in [4.69, 9.17) is 16.6 Å². The van der Waals surface area contributed by atoms with Crippen molar-refractivity contribution in [2.75, 3.05) is 11.5 Å². The topological polar surface area (TPSA) is 212 Å². The predicted octanol–water partition coefficient (Wildman–Crippen LogP) is 4.96. The zero-order valence-electron chi connectivity index (χ0n) is 29.8. The van der Waals surface area contributed by atoms with Crippen LogP contribution < -0.4 is 27.4 Å². The highest BCUT2D eigenvalue weighted by Crippen LogP contribution is 2.30. The molecule has 0 unspecified atom stereocenters. The minimum absolute atomic E-state index is 0.0374. The van der Waals surface area contributed by atoms with E-state index in [1.54, 1.807) is 36.4 Å². The minimum atomic E-state index is -4.46. The number of benzene rings is 3. The van der Waals surface area contributed by atoms with E-state index in [0.29, 0.717) is 28.1 Å². The average Bonchev–Trinajstić information content (AvgIpc) is 4.07.